The number of nitrogens with two attached hydrogens (primary N) is 1. The number of pyridine rings is 1. The SMILES string of the molecule is C#CC.C=CC.CC.CC.CC(C)C.CC(C=CCCCNSc1cccnc1)C(/N=C/N)NCNCCN(C)C. The molecule has 0 bridgehead atoms. The number of nitrogens with zero attached hydrogens (tertiary/aromatic N) is 3. The average Bonchev–Trinajstić information content (AvgIpc) is 2.95. The quantitative estimate of drug-likeness (QED) is 0.0325. The molecule has 0 saturated heterocycles. The second-order valence-electron chi connectivity index (χ2n) is 8.97. The topological polar surface area (TPSA) is 90.6 Å². The van der Waals surface area contributed by atoms with Crippen molar-refractivity contribution in [3.05, 3.63) is 49.3 Å². The molecule has 1 rings (SSSR count). The molecule has 5 N–H and O–H groups in total. The van der Waals surface area contributed by atoms with Gasteiger partial charge in [0.15, 0.2) is 0 Å². The van der Waals surface area contributed by atoms with E-state index in [1.165, 1.54) is 6.34 Å². The molecule has 0 spiro atoms. The Balaban J connectivity index is -0.000000260. The molecular formula is C33H67N7S. The summed E-state index contributed by atoms with van der Waals surface area (Å²) in [6.45, 7) is 27.2. The summed E-state index contributed by atoms with van der Waals surface area (Å²) in [5.74, 6) is 3.36. The normalized spacial score (nSPS) is 11.1. The molecule has 0 saturated carbocycles. The third-order valence-corrected chi connectivity index (χ3v) is 4.66. The van der Waals surface area contributed by atoms with E-state index in [1.807, 2.05) is 52.9 Å². The third-order valence-electron chi connectivity index (χ3n) is 3.83. The van der Waals surface area contributed by atoms with Crippen molar-refractivity contribution >= 4 is 18.3 Å². The maximum Gasteiger partial charge on any atom is 0.108 e. The summed E-state index contributed by atoms with van der Waals surface area (Å²) in [5, 5.41) is 6.75. The van der Waals surface area contributed by atoms with Crippen LogP contribution in [0.5, 0.6) is 0 Å². The number of aromatic nitrogens is 1. The first-order valence-electron chi connectivity index (χ1n) is 14.9. The van der Waals surface area contributed by atoms with Crippen LogP contribution in [0.3, 0.4) is 0 Å². The van der Waals surface area contributed by atoms with Gasteiger partial charge in [-0.1, -0.05) is 73.6 Å². The molecule has 2 unspecified atom stereocenters. The number of likely N-dealkylation sites (N-methyl/N-ethyl adjacent to an activating group) is 1. The molecule has 41 heavy (non-hydrogen) atoms. The number of terminal acetylenes is 1. The lowest BCUT2D eigenvalue weighted by Crippen LogP contribution is -2.41. The van der Waals surface area contributed by atoms with E-state index in [-0.39, 0.29) is 12.1 Å². The first-order valence-corrected chi connectivity index (χ1v) is 15.7. The maximum absolute atomic E-state index is 5.50. The molecule has 0 amide bonds. The van der Waals surface area contributed by atoms with Crippen molar-refractivity contribution in [2.24, 2.45) is 22.6 Å². The highest BCUT2D eigenvalue weighted by Gasteiger charge is 2.11. The third kappa shape index (κ3) is 51.1. The Hall–Kier alpha value is -2.15. The van der Waals surface area contributed by atoms with Crippen molar-refractivity contribution in [2.75, 3.05) is 40.4 Å². The Kier molecular flexibility index (Phi) is 53.1. The van der Waals surface area contributed by atoms with Gasteiger partial charge in [-0.2, -0.15) is 0 Å². The Morgan fingerprint density at radius 1 is 1.17 bits per heavy atom. The standard InChI is InChI=1S/C19H35N7S.C4H10.C3H6.C3H4.2C2H6/c1-17(19(23-15-20)24-16-22-12-13-26(2)3)8-5-4-6-11-25-27-18-9-7-10-21-14-18;1-4(2)3;2*1-3-2;2*1-2/h5,7-10,14-15,17,19,22,24-25H,4,6,11-13,16H2,1-3H3,(H2,20,23);4H,1-3H3;3H,1H2,2H3;1H,2H3;2*1-2H3. The van der Waals surface area contributed by atoms with E-state index in [4.69, 9.17) is 5.73 Å². The van der Waals surface area contributed by atoms with Gasteiger partial charge in [0, 0.05) is 49.5 Å². The number of unbranched alkanes of at least 4 members (excludes halogenated alkanes) is 1. The zero-order valence-corrected chi connectivity index (χ0v) is 29.5. The molecule has 0 aliphatic carbocycles. The van der Waals surface area contributed by atoms with E-state index < -0.39 is 0 Å². The predicted octanol–water partition coefficient (Wildman–Crippen LogP) is 7.21. The van der Waals surface area contributed by atoms with E-state index in [2.05, 4.69) is 103 Å². The molecule has 240 valence electrons. The van der Waals surface area contributed by atoms with Crippen LogP contribution >= 0.6 is 11.9 Å². The molecular weight excluding hydrogens is 526 g/mol. The molecule has 0 aliphatic rings. The van der Waals surface area contributed by atoms with Crippen molar-refractivity contribution < 1.29 is 0 Å². The summed E-state index contributed by atoms with van der Waals surface area (Å²) in [5.41, 5.74) is 5.50. The molecule has 0 radical (unpaired) electrons. The average molecular weight is 594 g/mol. The van der Waals surface area contributed by atoms with Crippen LogP contribution in [-0.4, -0.2) is 62.8 Å². The minimum atomic E-state index is -0.0163. The summed E-state index contributed by atoms with van der Waals surface area (Å²) in [6.07, 6.45) is 17.9. The van der Waals surface area contributed by atoms with Crippen molar-refractivity contribution in [1.29, 1.82) is 0 Å². The first-order chi connectivity index (χ1) is 19.7. The number of allylic oxidation sites excluding steroid dienone is 2. The van der Waals surface area contributed by atoms with Crippen LogP contribution in [0.25, 0.3) is 0 Å². The van der Waals surface area contributed by atoms with Crippen molar-refractivity contribution in [3.63, 3.8) is 0 Å². The fourth-order valence-electron chi connectivity index (χ4n) is 2.28. The van der Waals surface area contributed by atoms with Crippen molar-refractivity contribution in [1.82, 2.24) is 25.2 Å². The maximum atomic E-state index is 5.50. The van der Waals surface area contributed by atoms with Crippen LogP contribution in [0.4, 0.5) is 0 Å². The summed E-state index contributed by atoms with van der Waals surface area (Å²) in [4.78, 5) is 11.7. The Bertz CT molecular complexity index is 684. The summed E-state index contributed by atoms with van der Waals surface area (Å²) < 4.78 is 3.36. The first kappa shape index (κ1) is 48.6. The van der Waals surface area contributed by atoms with Gasteiger partial charge >= 0.3 is 0 Å². The lowest BCUT2D eigenvalue weighted by molar-refractivity contribution is 0.378. The van der Waals surface area contributed by atoms with Gasteiger partial charge in [0.1, 0.15) is 6.17 Å². The van der Waals surface area contributed by atoms with Crippen LogP contribution in [0.2, 0.25) is 0 Å². The number of nitrogens with one attached hydrogen (secondary N) is 3. The molecule has 2 atom stereocenters. The minimum absolute atomic E-state index is 0.0163. The van der Waals surface area contributed by atoms with E-state index in [9.17, 15) is 0 Å². The summed E-state index contributed by atoms with van der Waals surface area (Å²) in [7, 11) is 4.13. The van der Waals surface area contributed by atoms with E-state index in [0.29, 0.717) is 6.67 Å². The van der Waals surface area contributed by atoms with Crippen molar-refractivity contribution in [2.45, 2.75) is 93.1 Å². The highest BCUT2D eigenvalue weighted by Crippen LogP contribution is 2.12. The fraction of sp³-hybridized carbons (Fsp3) is 0.636. The lowest BCUT2D eigenvalue weighted by atomic mass is 10.1. The predicted molar refractivity (Wildman–Crippen MR) is 190 cm³/mol. The van der Waals surface area contributed by atoms with Gasteiger partial charge in [-0.05, 0) is 70.8 Å². The second kappa shape index (κ2) is 44.9. The molecule has 0 aromatic carbocycles. The lowest BCUT2D eigenvalue weighted by Gasteiger charge is -2.19. The van der Waals surface area contributed by atoms with Crippen LogP contribution in [0.1, 0.15) is 82.1 Å². The van der Waals surface area contributed by atoms with Gasteiger partial charge in [-0.25, -0.2) is 0 Å². The zero-order valence-electron chi connectivity index (χ0n) is 28.7. The van der Waals surface area contributed by atoms with Gasteiger partial charge in [0.25, 0.3) is 0 Å². The molecule has 7 nitrogen and oxygen atoms in total. The minimum Gasteiger partial charge on any atom is -0.390 e. The van der Waals surface area contributed by atoms with Gasteiger partial charge in [0.2, 0.25) is 0 Å². The number of hydrogen-bond acceptors (Lipinski definition) is 7. The zero-order chi connectivity index (χ0) is 32.7. The Labute approximate surface area is 260 Å². The molecule has 1 aromatic heterocycles. The van der Waals surface area contributed by atoms with Gasteiger partial charge in [0.05, 0.1) is 6.34 Å². The second-order valence-corrected chi connectivity index (χ2v) is 9.93. The number of aliphatic imine (C=N–C) groups is 1. The molecule has 1 heterocycles. The van der Waals surface area contributed by atoms with Crippen molar-refractivity contribution in [3.8, 4) is 12.3 Å². The smallest absolute Gasteiger partial charge is 0.108 e. The number of hydrogen-bond donors (Lipinski definition) is 4. The van der Waals surface area contributed by atoms with Gasteiger partial charge in [-0.15, -0.1) is 18.9 Å². The highest BCUT2D eigenvalue weighted by atomic mass is 32.2. The van der Waals surface area contributed by atoms with Gasteiger partial charge < -0.3 is 16.0 Å². The highest BCUT2D eigenvalue weighted by molar-refractivity contribution is 7.97. The molecule has 0 aliphatic heterocycles. The Morgan fingerprint density at radius 2 is 1.73 bits per heavy atom. The fourth-order valence-corrected chi connectivity index (χ4v) is 2.96. The monoisotopic (exact) mass is 594 g/mol. The van der Waals surface area contributed by atoms with Crippen LogP contribution in [-0.2, 0) is 0 Å². The summed E-state index contributed by atoms with van der Waals surface area (Å²) in [6, 6.07) is 3.99. The number of rotatable bonds is 15. The Morgan fingerprint density at radius 3 is 2.20 bits per heavy atom. The van der Waals surface area contributed by atoms with Crippen LogP contribution in [0.15, 0.2) is 59.2 Å². The molecule has 1 aromatic rings. The van der Waals surface area contributed by atoms with Gasteiger partial charge in [-0.3, -0.25) is 20.0 Å². The van der Waals surface area contributed by atoms with Crippen LogP contribution in [0, 0.1) is 24.2 Å². The molecule has 0 fully saturated rings. The van der Waals surface area contributed by atoms with Crippen LogP contribution < -0.4 is 21.1 Å². The van der Waals surface area contributed by atoms with E-state index in [1.54, 1.807) is 31.1 Å². The van der Waals surface area contributed by atoms with E-state index >= 15 is 0 Å². The summed E-state index contributed by atoms with van der Waals surface area (Å²) >= 11 is 1.62. The van der Waals surface area contributed by atoms with E-state index in [0.717, 1.165) is 43.3 Å². The molecule has 8 heteroatoms. The largest absolute Gasteiger partial charge is 0.390 e.